The summed E-state index contributed by atoms with van der Waals surface area (Å²) in [5.41, 5.74) is 0.0913. The van der Waals surface area contributed by atoms with Crippen molar-refractivity contribution in [2.75, 3.05) is 13.1 Å². The highest BCUT2D eigenvalue weighted by Crippen LogP contribution is 2.30. The van der Waals surface area contributed by atoms with Gasteiger partial charge in [0.15, 0.2) is 10.5 Å². The lowest BCUT2D eigenvalue weighted by molar-refractivity contribution is -0.130. The molecule has 0 saturated carbocycles. The number of carbonyl (C=O) groups excluding carboxylic acids is 2. The predicted molar refractivity (Wildman–Crippen MR) is 106 cm³/mol. The minimum absolute atomic E-state index is 0.0236. The van der Waals surface area contributed by atoms with Crippen LogP contribution >= 0.6 is 27.7 Å². The molecule has 0 aliphatic carbocycles. The molecule has 1 fully saturated rings. The van der Waals surface area contributed by atoms with E-state index in [1.165, 1.54) is 22.8 Å². The van der Waals surface area contributed by atoms with E-state index in [0.29, 0.717) is 20.6 Å². The lowest BCUT2D eigenvalue weighted by Gasteiger charge is -2.26. The van der Waals surface area contributed by atoms with Crippen LogP contribution in [0.25, 0.3) is 6.08 Å². The predicted octanol–water partition coefficient (Wildman–Crippen LogP) is 3.06. The van der Waals surface area contributed by atoms with Gasteiger partial charge in [0, 0.05) is 13.1 Å². The zero-order valence-electron chi connectivity index (χ0n) is 14.3. The number of aliphatic imine (C=N–C) groups is 1. The fourth-order valence-electron chi connectivity index (χ4n) is 3.04. The Bertz CT molecular complexity index is 913. The summed E-state index contributed by atoms with van der Waals surface area (Å²) in [6.45, 7) is 1.56. The van der Waals surface area contributed by atoms with Gasteiger partial charge in [-0.15, -0.1) is 0 Å². The molecule has 0 radical (unpaired) electrons. The van der Waals surface area contributed by atoms with Crippen LogP contribution in [0, 0.1) is 5.41 Å². The van der Waals surface area contributed by atoms with Gasteiger partial charge in [-0.2, -0.15) is 15.1 Å². The third-order valence-electron chi connectivity index (χ3n) is 4.39. The number of amides is 2. The Morgan fingerprint density at radius 1 is 1.33 bits per heavy atom. The highest BCUT2D eigenvalue weighted by Gasteiger charge is 2.36. The first kappa shape index (κ1) is 18.2. The Hall–Kier alpha value is -2.20. The van der Waals surface area contributed by atoms with E-state index in [-0.39, 0.29) is 23.7 Å². The van der Waals surface area contributed by atoms with Crippen molar-refractivity contribution >= 4 is 61.6 Å². The molecular formula is C17H16BrN5O3S. The Labute approximate surface area is 168 Å². The molecule has 10 heteroatoms. The summed E-state index contributed by atoms with van der Waals surface area (Å²) in [6.07, 6.45) is 4.84. The number of nitrogens with zero attached hydrogens (tertiary/aromatic N) is 4. The van der Waals surface area contributed by atoms with Crippen LogP contribution < -0.4 is 0 Å². The van der Waals surface area contributed by atoms with E-state index in [0.717, 1.165) is 32.4 Å². The van der Waals surface area contributed by atoms with Gasteiger partial charge in [-0.05, 0) is 65.2 Å². The number of rotatable bonds is 3. The van der Waals surface area contributed by atoms with Crippen LogP contribution in [0.5, 0.6) is 0 Å². The van der Waals surface area contributed by atoms with Gasteiger partial charge in [-0.25, -0.2) is 0 Å². The highest BCUT2D eigenvalue weighted by atomic mass is 79.9. The maximum absolute atomic E-state index is 12.4. The Morgan fingerprint density at radius 3 is 2.81 bits per heavy atom. The fourth-order valence-corrected chi connectivity index (χ4v) is 4.23. The topological polar surface area (TPSA) is 102 Å². The fraction of sp³-hybridized carbons (Fsp3) is 0.353. The summed E-state index contributed by atoms with van der Waals surface area (Å²) in [4.78, 5) is 30.6. The number of thioether (sulfide) groups is 1. The Balaban J connectivity index is 1.51. The summed E-state index contributed by atoms with van der Waals surface area (Å²) >= 11 is 4.37. The number of fused-ring (bicyclic) bond motifs is 1. The molecular weight excluding hydrogens is 434 g/mol. The average molecular weight is 450 g/mol. The number of likely N-dealkylation sites (tertiary alicyclic amines) is 1. The Morgan fingerprint density at radius 2 is 2.11 bits per heavy atom. The van der Waals surface area contributed by atoms with Gasteiger partial charge >= 0.3 is 0 Å². The largest absolute Gasteiger partial charge is 0.450 e. The molecule has 1 aromatic rings. The van der Waals surface area contributed by atoms with Crippen LogP contribution in [0.15, 0.2) is 36.9 Å². The quantitative estimate of drug-likeness (QED) is 0.714. The second kappa shape index (κ2) is 7.43. The molecule has 8 nitrogen and oxygen atoms in total. The molecule has 3 aliphatic heterocycles. The first-order valence-electron chi connectivity index (χ1n) is 8.53. The second-order valence-electron chi connectivity index (χ2n) is 6.27. The summed E-state index contributed by atoms with van der Waals surface area (Å²) in [6, 6.07) is 3.38. The van der Waals surface area contributed by atoms with E-state index < -0.39 is 5.91 Å². The summed E-state index contributed by atoms with van der Waals surface area (Å²) in [5.74, 6) is -0.143. The molecule has 4 rings (SSSR count). The van der Waals surface area contributed by atoms with Crippen LogP contribution in [0.3, 0.4) is 0 Å². The van der Waals surface area contributed by atoms with E-state index in [4.69, 9.17) is 9.83 Å². The molecule has 1 saturated heterocycles. The van der Waals surface area contributed by atoms with Gasteiger partial charge in [0.2, 0.25) is 11.1 Å². The molecule has 0 atom stereocenters. The maximum Gasteiger partial charge on any atom is 0.283 e. The first-order chi connectivity index (χ1) is 13.0. The number of hydrogen-bond donors (Lipinski definition) is 1. The van der Waals surface area contributed by atoms with Gasteiger partial charge < -0.3 is 9.32 Å². The zero-order chi connectivity index (χ0) is 19.0. The third kappa shape index (κ3) is 3.77. The van der Waals surface area contributed by atoms with Gasteiger partial charge in [0.05, 0.1) is 12.0 Å². The lowest BCUT2D eigenvalue weighted by Crippen LogP contribution is -2.36. The van der Waals surface area contributed by atoms with Crippen LogP contribution in [-0.4, -0.2) is 50.9 Å². The summed E-state index contributed by atoms with van der Waals surface area (Å²) < 4.78 is 5.90. The van der Waals surface area contributed by atoms with Crippen molar-refractivity contribution in [3.05, 3.63) is 28.1 Å². The number of hydrazone groups is 1. The molecule has 0 spiro atoms. The van der Waals surface area contributed by atoms with Gasteiger partial charge in [-0.1, -0.05) is 0 Å². The van der Waals surface area contributed by atoms with Crippen LogP contribution in [-0.2, 0) is 9.59 Å². The first-order valence-corrected chi connectivity index (χ1v) is 10.1. The zero-order valence-corrected chi connectivity index (χ0v) is 16.7. The molecule has 0 bridgehead atoms. The maximum atomic E-state index is 12.4. The number of piperidine rings is 1. The average Bonchev–Trinajstić information content (AvgIpc) is 3.25. The van der Waals surface area contributed by atoms with Crippen molar-refractivity contribution in [3.63, 3.8) is 0 Å². The van der Waals surface area contributed by atoms with Crippen molar-refractivity contribution in [2.24, 2.45) is 10.1 Å². The number of carbonyl (C=O) groups is 2. The molecule has 1 aromatic heterocycles. The molecule has 3 aliphatic rings. The van der Waals surface area contributed by atoms with Crippen molar-refractivity contribution in [1.82, 2.24) is 9.91 Å². The van der Waals surface area contributed by atoms with Crippen molar-refractivity contribution in [2.45, 2.75) is 25.7 Å². The van der Waals surface area contributed by atoms with E-state index in [1.807, 2.05) is 4.90 Å². The molecule has 0 unspecified atom stereocenters. The number of furan rings is 1. The molecule has 1 N–H and O–H groups in total. The highest BCUT2D eigenvalue weighted by molar-refractivity contribution is 9.10. The summed E-state index contributed by atoms with van der Waals surface area (Å²) in [5, 5.41) is 14.8. The number of halogens is 1. The number of amidine groups is 2. The minimum Gasteiger partial charge on any atom is -0.450 e. The SMILES string of the molecule is N=C1/C(=C/c2ccc(Br)o2)C(=O)N=C2SC(CC(=O)N3CCCCC3)=NN12. The van der Waals surface area contributed by atoms with Gasteiger partial charge in [0.25, 0.3) is 5.91 Å². The molecule has 140 valence electrons. The van der Waals surface area contributed by atoms with E-state index in [9.17, 15) is 9.59 Å². The molecule has 4 heterocycles. The van der Waals surface area contributed by atoms with Crippen LogP contribution in [0.2, 0.25) is 0 Å². The van der Waals surface area contributed by atoms with E-state index >= 15 is 0 Å². The summed E-state index contributed by atoms with van der Waals surface area (Å²) in [7, 11) is 0. The van der Waals surface area contributed by atoms with Gasteiger partial charge in [-0.3, -0.25) is 15.0 Å². The third-order valence-corrected chi connectivity index (χ3v) is 5.72. The van der Waals surface area contributed by atoms with Crippen molar-refractivity contribution < 1.29 is 14.0 Å². The van der Waals surface area contributed by atoms with Crippen LogP contribution in [0.1, 0.15) is 31.4 Å². The second-order valence-corrected chi connectivity index (χ2v) is 8.10. The van der Waals surface area contributed by atoms with Crippen LogP contribution in [0.4, 0.5) is 0 Å². The van der Waals surface area contributed by atoms with Crippen molar-refractivity contribution in [3.8, 4) is 0 Å². The standard InChI is InChI=1S/C17H16BrN5O3S/c18-12-5-4-10(26-12)8-11-15(19)23-17(20-16(11)25)27-13(21-23)9-14(24)22-6-2-1-3-7-22/h4-5,8,19H,1-3,6-7,9H2/b11-8-,19-15?. The smallest absolute Gasteiger partial charge is 0.283 e. The van der Waals surface area contributed by atoms with Gasteiger partial charge in [0.1, 0.15) is 10.8 Å². The Kier molecular flexibility index (Phi) is 5.00. The molecule has 2 amide bonds. The monoisotopic (exact) mass is 449 g/mol. The van der Waals surface area contributed by atoms with E-state index in [2.05, 4.69) is 26.0 Å². The molecule has 27 heavy (non-hydrogen) atoms. The number of nitrogens with one attached hydrogen (secondary N) is 1. The lowest BCUT2D eigenvalue weighted by atomic mass is 10.1. The minimum atomic E-state index is -0.523. The van der Waals surface area contributed by atoms with Crippen molar-refractivity contribution in [1.29, 1.82) is 5.41 Å². The molecule has 0 aromatic carbocycles. The van der Waals surface area contributed by atoms with E-state index in [1.54, 1.807) is 12.1 Å². The number of hydrogen-bond acceptors (Lipinski definition) is 6. The normalized spacial score (nSPS) is 21.4.